The maximum absolute atomic E-state index is 12.0. The van der Waals surface area contributed by atoms with Gasteiger partial charge in [-0.05, 0) is 37.1 Å². The summed E-state index contributed by atoms with van der Waals surface area (Å²) in [6, 6.07) is 4.65. The van der Waals surface area contributed by atoms with Crippen molar-refractivity contribution in [2.75, 3.05) is 5.32 Å². The molecule has 0 heterocycles. The van der Waals surface area contributed by atoms with Crippen molar-refractivity contribution in [3.05, 3.63) is 24.3 Å². The van der Waals surface area contributed by atoms with Crippen molar-refractivity contribution < 1.29 is 32.6 Å². The highest BCUT2D eigenvalue weighted by molar-refractivity contribution is 5.94. The first kappa shape index (κ1) is 16.1. The number of carbonyl (C=O) groups is 2. The molecule has 1 fully saturated rings. The summed E-state index contributed by atoms with van der Waals surface area (Å²) in [4.78, 5) is 23.0. The predicted octanol–water partition coefficient (Wildman–Crippen LogP) is 3.17. The average molecular weight is 317 g/mol. The lowest BCUT2D eigenvalue weighted by molar-refractivity contribution is -0.274. The smallest absolute Gasteiger partial charge is 0.481 e. The number of hydrogen-bond donors (Lipinski definition) is 2. The molecule has 120 valence electrons. The minimum atomic E-state index is -4.77. The second-order valence-electron chi connectivity index (χ2n) is 5.24. The molecule has 0 saturated heterocycles. The van der Waals surface area contributed by atoms with Gasteiger partial charge in [-0.1, -0.05) is 6.42 Å². The second kappa shape index (κ2) is 5.86. The standard InChI is InChI=1S/C14H14F3NO4/c15-14(16,17)22-10-4-2-9(3-5-10)18-11(19)8-13(12(20)21)6-1-7-13/h2-5H,1,6-8H2,(H,18,19)(H,20,21). The third-order valence-electron chi connectivity index (χ3n) is 3.63. The zero-order valence-electron chi connectivity index (χ0n) is 11.4. The van der Waals surface area contributed by atoms with E-state index in [1.54, 1.807) is 0 Å². The zero-order valence-corrected chi connectivity index (χ0v) is 11.4. The normalized spacial score (nSPS) is 16.5. The van der Waals surface area contributed by atoms with E-state index in [9.17, 15) is 22.8 Å². The minimum Gasteiger partial charge on any atom is -0.481 e. The van der Waals surface area contributed by atoms with Crippen LogP contribution in [-0.4, -0.2) is 23.3 Å². The first-order valence-electron chi connectivity index (χ1n) is 6.59. The molecule has 5 nitrogen and oxygen atoms in total. The maximum atomic E-state index is 12.0. The molecule has 0 unspecified atom stereocenters. The van der Waals surface area contributed by atoms with Crippen LogP contribution in [0.4, 0.5) is 18.9 Å². The third-order valence-corrected chi connectivity index (χ3v) is 3.63. The Balaban J connectivity index is 1.93. The molecular weight excluding hydrogens is 303 g/mol. The number of alkyl halides is 3. The fourth-order valence-corrected chi connectivity index (χ4v) is 2.32. The Morgan fingerprint density at radius 2 is 1.82 bits per heavy atom. The number of anilines is 1. The summed E-state index contributed by atoms with van der Waals surface area (Å²) in [6.07, 6.45) is -3.25. The SMILES string of the molecule is O=C(CC1(C(=O)O)CCC1)Nc1ccc(OC(F)(F)F)cc1. The molecule has 1 aliphatic carbocycles. The molecule has 22 heavy (non-hydrogen) atoms. The van der Waals surface area contributed by atoms with Gasteiger partial charge < -0.3 is 15.2 Å². The van der Waals surface area contributed by atoms with Crippen molar-refractivity contribution in [1.82, 2.24) is 0 Å². The highest BCUT2D eigenvalue weighted by atomic mass is 19.4. The van der Waals surface area contributed by atoms with Crippen molar-refractivity contribution in [3.63, 3.8) is 0 Å². The van der Waals surface area contributed by atoms with Crippen molar-refractivity contribution in [3.8, 4) is 5.75 Å². The Labute approximate surface area is 124 Å². The molecule has 2 N–H and O–H groups in total. The van der Waals surface area contributed by atoms with Crippen LogP contribution in [0.1, 0.15) is 25.7 Å². The Bertz CT molecular complexity index is 564. The summed E-state index contributed by atoms with van der Waals surface area (Å²) in [6.45, 7) is 0. The monoisotopic (exact) mass is 317 g/mol. The number of hydrogen-bond acceptors (Lipinski definition) is 3. The average Bonchev–Trinajstić information content (AvgIpc) is 2.34. The molecule has 0 radical (unpaired) electrons. The van der Waals surface area contributed by atoms with E-state index in [1.807, 2.05) is 0 Å². The largest absolute Gasteiger partial charge is 0.573 e. The maximum Gasteiger partial charge on any atom is 0.573 e. The summed E-state index contributed by atoms with van der Waals surface area (Å²) >= 11 is 0. The van der Waals surface area contributed by atoms with Gasteiger partial charge in [-0.15, -0.1) is 13.2 Å². The molecule has 1 aromatic carbocycles. The highest BCUT2D eigenvalue weighted by Crippen LogP contribution is 2.44. The summed E-state index contributed by atoms with van der Waals surface area (Å²) < 4.78 is 39.7. The molecule has 0 bridgehead atoms. The Hall–Kier alpha value is -2.25. The van der Waals surface area contributed by atoms with E-state index < -0.39 is 29.4 Å². The molecule has 8 heteroatoms. The van der Waals surface area contributed by atoms with Crippen LogP contribution in [-0.2, 0) is 9.59 Å². The van der Waals surface area contributed by atoms with Crippen molar-refractivity contribution in [2.24, 2.45) is 5.41 Å². The number of carbonyl (C=O) groups excluding carboxylic acids is 1. The number of carboxylic acids is 1. The van der Waals surface area contributed by atoms with E-state index >= 15 is 0 Å². The molecular formula is C14H14F3NO4. The van der Waals surface area contributed by atoms with Gasteiger partial charge in [0.1, 0.15) is 5.75 Å². The van der Waals surface area contributed by atoms with Crippen molar-refractivity contribution in [1.29, 1.82) is 0 Å². The zero-order chi connectivity index (χ0) is 16.4. The molecule has 0 aromatic heterocycles. The Morgan fingerprint density at radius 3 is 2.23 bits per heavy atom. The molecule has 2 rings (SSSR count). The van der Waals surface area contributed by atoms with Crippen LogP contribution in [0.25, 0.3) is 0 Å². The quantitative estimate of drug-likeness (QED) is 0.874. The molecule has 1 aromatic rings. The fraction of sp³-hybridized carbons (Fsp3) is 0.429. The van der Waals surface area contributed by atoms with Crippen LogP contribution in [0.5, 0.6) is 5.75 Å². The van der Waals surface area contributed by atoms with E-state index in [0.717, 1.165) is 18.6 Å². The first-order valence-corrected chi connectivity index (χ1v) is 6.59. The molecule has 1 amide bonds. The highest BCUT2D eigenvalue weighted by Gasteiger charge is 2.45. The number of rotatable bonds is 5. The lowest BCUT2D eigenvalue weighted by Gasteiger charge is -2.36. The van der Waals surface area contributed by atoms with Crippen LogP contribution in [0.15, 0.2) is 24.3 Å². The lowest BCUT2D eigenvalue weighted by atomic mass is 9.66. The van der Waals surface area contributed by atoms with Gasteiger partial charge in [0.25, 0.3) is 0 Å². The number of nitrogens with one attached hydrogen (secondary N) is 1. The minimum absolute atomic E-state index is 0.150. The van der Waals surface area contributed by atoms with Gasteiger partial charge in [0.2, 0.25) is 5.91 Å². The third kappa shape index (κ3) is 3.90. The van der Waals surface area contributed by atoms with Crippen LogP contribution in [0.3, 0.4) is 0 Å². The van der Waals surface area contributed by atoms with Gasteiger partial charge in [0, 0.05) is 12.1 Å². The molecule has 0 atom stereocenters. The van der Waals surface area contributed by atoms with Crippen molar-refractivity contribution >= 4 is 17.6 Å². The summed E-state index contributed by atoms with van der Waals surface area (Å²) in [5.74, 6) is -1.87. The van der Waals surface area contributed by atoms with Gasteiger partial charge in [0.15, 0.2) is 0 Å². The number of halogens is 3. The lowest BCUT2D eigenvalue weighted by Crippen LogP contribution is -2.41. The number of amides is 1. The fourth-order valence-electron chi connectivity index (χ4n) is 2.32. The summed E-state index contributed by atoms with van der Waals surface area (Å²) in [7, 11) is 0. The second-order valence-corrected chi connectivity index (χ2v) is 5.24. The predicted molar refractivity (Wildman–Crippen MR) is 70.3 cm³/mol. The number of ether oxygens (including phenoxy) is 1. The van der Waals surface area contributed by atoms with Gasteiger partial charge in [-0.3, -0.25) is 9.59 Å². The van der Waals surface area contributed by atoms with E-state index in [4.69, 9.17) is 5.11 Å². The van der Waals surface area contributed by atoms with E-state index in [0.29, 0.717) is 12.8 Å². The molecule has 0 spiro atoms. The van der Waals surface area contributed by atoms with E-state index in [1.165, 1.54) is 12.1 Å². The van der Waals surface area contributed by atoms with E-state index in [2.05, 4.69) is 10.1 Å². The van der Waals surface area contributed by atoms with Gasteiger partial charge in [-0.2, -0.15) is 0 Å². The molecule has 1 aliphatic rings. The van der Waals surface area contributed by atoms with E-state index in [-0.39, 0.29) is 12.1 Å². The number of benzene rings is 1. The first-order chi connectivity index (χ1) is 10.2. The summed E-state index contributed by atoms with van der Waals surface area (Å²) in [5.41, 5.74) is -0.733. The van der Waals surface area contributed by atoms with Crippen LogP contribution < -0.4 is 10.1 Å². The van der Waals surface area contributed by atoms with Gasteiger partial charge >= 0.3 is 12.3 Å². The number of aliphatic carboxylic acids is 1. The molecule has 0 aliphatic heterocycles. The number of carboxylic acid groups (broad SMARTS) is 1. The molecule has 1 saturated carbocycles. The van der Waals surface area contributed by atoms with Crippen LogP contribution in [0, 0.1) is 5.41 Å². The van der Waals surface area contributed by atoms with Crippen LogP contribution >= 0.6 is 0 Å². The summed E-state index contributed by atoms with van der Waals surface area (Å²) in [5, 5.41) is 11.6. The van der Waals surface area contributed by atoms with Gasteiger partial charge in [-0.25, -0.2) is 0 Å². The van der Waals surface area contributed by atoms with Crippen LogP contribution in [0.2, 0.25) is 0 Å². The Kier molecular flexibility index (Phi) is 4.30. The topological polar surface area (TPSA) is 75.6 Å². The Morgan fingerprint density at radius 1 is 1.23 bits per heavy atom. The van der Waals surface area contributed by atoms with Crippen molar-refractivity contribution in [2.45, 2.75) is 32.0 Å². The van der Waals surface area contributed by atoms with Gasteiger partial charge in [0.05, 0.1) is 5.41 Å².